The van der Waals surface area contributed by atoms with E-state index in [4.69, 9.17) is 10.5 Å². The Bertz CT molecular complexity index is 1090. The van der Waals surface area contributed by atoms with E-state index in [1.54, 1.807) is 19.1 Å². The van der Waals surface area contributed by atoms with Gasteiger partial charge in [0.25, 0.3) is 11.5 Å². The van der Waals surface area contributed by atoms with Gasteiger partial charge >= 0.3 is 5.97 Å². The Morgan fingerprint density at radius 3 is 2.83 bits per heavy atom. The number of hydrogen-bond acceptors (Lipinski definition) is 9. The number of amides is 2. The number of carbonyl (C=O) groups is 3. The second-order valence-corrected chi connectivity index (χ2v) is 7.49. The van der Waals surface area contributed by atoms with Crippen LogP contribution in [0, 0.1) is 6.92 Å². The maximum Gasteiger partial charge on any atom is 0.324 e. The van der Waals surface area contributed by atoms with Gasteiger partial charge in [0.15, 0.2) is 6.73 Å². The summed E-state index contributed by atoms with van der Waals surface area (Å²) in [6.07, 6.45) is 1.60. The lowest BCUT2D eigenvalue weighted by molar-refractivity contribution is -0.164. The van der Waals surface area contributed by atoms with Crippen LogP contribution >= 0.6 is 0 Å². The molecule has 4 rings (SSSR count). The minimum atomic E-state index is -1.03. The fraction of sp³-hybridized carbons (Fsp3) is 0.474. The number of hydrogen-bond donors (Lipinski definition) is 2. The second-order valence-electron chi connectivity index (χ2n) is 7.49. The third-order valence-corrected chi connectivity index (χ3v) is 5.57. The monoisotopic (exact) mass is 414 g/mol. The molecule has 0 spiro atoms. The number of carbonyl (C=O) groups excluding carboxylic acids is 3. The molecular weight excluding hydrogens is 392 g/mol. The number of nitrogens with two attached hydrogens (primary N) is 1. The highest BCUT2D eigenvalue weighted by Crippen LogP contribution is 2.24. The van der Waals surface area contributed by atoms with Gasteiger partial charge in [0.05, 0.1) is 5.39 Å². The highest BCUT2D eigenvalue weighted by atomic mass is 16.5. The fourth-order valence-corrected chi connectivity index (χ4v) is 3.77. The van der Waals surface area contributed by atoms with Crippen LogP contribution in [0.5, 0.6) is 0 Å². The van der Waals surface area contributed by atoms with E-state index < -0.39 is 42.2 Å². The van der Waals surface area contributed by atoms with E-state index in [2.05, 4.69) is 15.6 Å². The third-order valence-electron chi connectivity index (χ3n) is 5.57. The van der Waals surface area contributed by atoms with Gasteiger partial charge in [-0.15, -0.1) is 5.10 Å². The topological polar surface area (TPSA) is 150 Å². The lowest BCUT2D eigenvalue weighted by Crippen LogP contribution is -2.50. The first-order valence-corrected chi connectivity index (χ1v) is 9.77. The van der Waals surface area contributed by atoms with E-state index in [1.165, 1.54) is 0 Å². The van der Waals surface area contributed by atoms with Crippen molar-refractivity contribution in [3.05, 3.63) is 28.0 Å². The van der Waals surface area contributed by atoms with Crippen LogP contribution in [-0.4, -0.2) is 57.0 Å². The molecule has 0 radical (unpaired) electrons. The number of esters is 1. The summed E-state index contributed by atoms with van der Waals surface area (Å²) >= 11 is 0. The number of aryl methyl sites for hydroxylation is 1. The lowest BCUT2D eigenvalue weighted by atomic mass is 10.0. The van der Waals surface area contributed by atoms with Crippen molar-refractivity contribution in [2.24, 2.45) is 0 Å². The maximum absolute atomic E-state index is 13.0. The lowest BCUT2D eigenvalue weighted by Gasteiger charge is -2.30. The SMILES string of the molecule is Cc1ccc2nnn(C3CCC(=O)N(COC(=O)C4CCCN4)C3=O)c(=O)c2c1N. The number of fused-ring (bicyclic) bond motifs is 1. The van der Waals surface area contributed by atoms with Crippen molar-refractivity contribution < 1.29 is 19.1 Å². The Kier molecular flexibility index (Phi) is 5.20. The molecule has 3 N–H and O–H groups in total. The molecule has 0 saturated carbocycles. The molecule has 1 aromatic carbocycles. The van der Waals surface area contributed by atoms with E-state index in [0.29, 0.717) is 17.5 Å². The normalized spacial score (nSPS) is 22.0. The number of rotatable bonds is 4. The first kappa shape index (κ1) is 20.0. The summed E-state index contributed by atoms with van der Waals surface area (Å²) in [5, 5.41) is 11.1. The minimum absolute atomic E-state index is 0.00505. The quantitative estimate of drug-likeness (QED) is 0.388. The highest BCUT2D eigenvalue weighted by molar-refractivity contribution is 6.00. The molecular formula is C19H22N6O5. The van der Waals surface area contributed by atoms with Gasteiger partial charge in [-0.3, -0.25) is 19.2 Å². The molecule has 0 bridgehead atoms. The van der Waals surface area contributed by atoms with Gasteiger partial charge < -0.3 is 15.8 Å². The van der Waals surface area contributed by atoms with E-state index in [9.17, 15) is 19.2 Å². The molecule has 0 aliphatic carbocycles. The maximum atomic E-state index is 13.0. The zero-order valence-electron chi connectivity index (χ0n) is 16.5. The Labute approximate surface area is 171 Å². The van der Waals surface area contributed by atoms with Gasteiger partial charge in [-0.25, -0.2) is 4.90 Å². The van der Waals surface area contributed by atoms with E-state index in [0.717, 1.165) is 22.5 Å². The third kappa shape index (κ3) is 3.41. The van der Waals surface area contributed by atoms with Crippen molar-refractivity contribution >= 4 is 34.4 Å². The number of imide groups is 1. The predicted molar refractivity (Wildman–Crippen MR) is 105 cm³/mol. The van der Waals surface area contributed by atoms with Gasteiger partial charge in [-0.1, -0.05) is 11.3 Å². The summed E-state index contributed by atoms with van der Waals surface area (Å²) < 4.78 is 6.12. The van der Waals surface area contributed by atoms with Crippen molar-refractivity contribution in [1.82, 2.24) is 25.2 Å². The Morgan fingerprint density at radius 2 is 2.10 bits per heavy atom. The number of piperidine rings is 1. The Balaban J connectivity index is 1.59. The average molecular weight is 414 g/mol. The number of nitrogen functional groups attached to an aromatic ring is 1. The number of nitrogens with zero attached hydrogens (tertiary/aromatic N) is 4. The van der Waals surface area contributed by atoms with Crippen molar-refractivity contribution in [3.8, 4) is 0 Å². The van der Waals surface area contributed by atoms with Crippen molar-refractivity contribution in [2.75, 3.05) is 19.0 Å². The number of likely N-dealkylation sites (tertiary alicyclic amines) is 1. The van der Waals surface area contributed by atoms with Crippen molar-refractivity contribution in [2.45, 2.75) is 44.7 Å². The molecule has 11 nitrogen and oxygen atoms in total. The minimum Gasteiger partial charge on any atom is -0.443 e. The summed E-state index contributed by atoms with van der Waals surface area (Å²) in [5.41, 5.74) is 6.80. The number of ether oxygens (including phenoxy) is 1. The van der Waals surface area contributed by atoms with Gasteiger partial charge in [-0.05, 0) is 44.4 Å². The molecule has 2 unspecified atom stereocenters. The molecule has 2 aliphatic rings. The summed E-state index contributed by atoms with van der Waals surface area (Å²) in [7, 11) is 0. The van der Waals surface area contributed by atoms with Crippen LogP contribution < -0.4 is 16.6 Å². The van der Waals surface area contributed by atoms with E-state index in [1.807, 2.05) is 0 Å². The largest absolute Gasteiger partial charge is 0.443 e. The molecule has 158 valence electrons. The van der Waals surface area contributed by atoms with Gasteiger partial charge in [0.1, 0.15) is 17.6 Å². The summed E-state index contributed by atoms with van der Waals surface area (Å²) in [5.74, 6) is -1.65. The molecule has 11 heteroatoms. The molecule has 1 aromatic heterocycles. The summed E-state index contributed by atoms with van der Waals surface area (Å²) in [6, 6.07) is 1.90. The van der Waals surface area contributed by atoms with Gasteiger partial charge in [0, 0.05) is 12.1 Å². The smallest absolute Gasteiger partial charge is 0.324 e. The van der Waals surface area contributed by atoms with Crippen LogP contribution in [0.1, 0.15) is 37.3 Å². The van der Waals surface area contributed by atoms with Gasteiger partial charge in [-0.2, -0.15) is 4.68 Å². The number of nitrogens with one attached hydrogen (secondary N) is 1. The molecule has 2 amide bonds. The van der Waals surface area contributed by atoms with E-state index in [-0.39, 0.29) is 23.9 Å². The van der Waals surface area contributed by atoms with Crippen LogP contribution in [0.25, 0.3) is 10.9 Å². The van der Waals surface area contributed by atoms with Crippen LogP contribution in [0.15, 0.2) is 16.9 Å². The predicted octanol–water partition coefficient (Wildman–Crippen LogP) is -0.375. The number of benzene rings is 1. The van der Waals surface area contributed by atoms with Gasteiger partial charge in [0.2, 0.25) is 5.91 Å². The number of anilines is 1. The van der Waals surface area contributed by atoms with Crippen molar-refractivity contribution in [1.29, 1.82) is 0 Å². The molecule has 2 fully saturated rings. The van der Waals surface area contributed by atoms with Crippen LogP contribution in [0.4, 0.5) is 5.69 Å². The van der Waals surface area contributed by atoms with Crippen LogP contribution in [0.2, 0.25) is 0 Å². The molecule has 2 aromatic rings. The van der Waals surface area contributed by atoms with Crippen LogP contribution in [-0.2, 0) is 19.1 Å². The molecule has 2 saturated heterocycles. The first-order chi connectivity index (χ1) is 14.4. The van der Waals surface area contributed by atoms with Crippen molar-refractivity contribution in [3.63, 3.8) is 0 Å². The summed E-state index contributed by atoms with van der Waals surface area (Å²) in [6.45, 7) is 1.98. The van der Waals surface area contributed by atoms with E-state index >= 15 is 0 Å². The Hall–Kier alpha value is -3.34. The standard InChI is InChI=1S/C19H22N6O5/c1-10-4-5-11-15(16(10)20)18(28)25(23-22-11)13-6-7-14(26)24(17(13)27)9-30-19(29)12-3-2-8-21-12/h4-5,12-13,21H,2-3,6-9,20H2,1H3. The molecule has 3 heterocycles. The van der Waals surface area contributed by atoms with Crippen LogP contribution in [0.3, 0.4) is 0 Å². The first-order valence-electron chi connectivity index (χ1n) is 9.77. The number of aromatic nitrogens is 3. The molecule has 30 heavy (non-hydrogen) atoms. The summed E-state index contributed by atoms with van der Waals surface area (Å²) in [4.78, 5) is 51.2. The molecule has 2 atom stereocenters. The fourth-order valence-electron chi connectivity index (χ4n) is 3.77. The average Bonchev–Trinajstić information content (AvgIpc) is 3.26. The second kappa shape index (κ2) is 7.82. The molecule has 2 aliphatic heterocycles. The zero-order chi connectivity index (χ0) is 21.4. The highest BCUT2D eigenvalue weighted by Gasteiger charge is 2.38. The zero-order valence-corrected chi connectivity index (χ0v) is 16.5. The Morgan fingerprint density at radius 1 is 1.30 bits per heavy atom.